The van der Waals surface area contributed by atoms with E-state index in [1.807, 2.05) is 0 Å². The third-order valence-corrected chi connectivity index (χ3v) is 16.1. The van der Waals surface area contributed by atoms with Gasteiger partial charge in [0, 0.05) is 16.8 Å². The zero-order chi connectivity index (χ0) is 44.8. The summed E-state index contributed by atoms with van der Waals surface area (Å²) in [5.41, 5.74) is 22.0. The maximum atomic E-state index is 4.97. The van der Waals surface area contributed by atoms with Crippen LogP contribution in [0.25, 0.3) is 86.1 Å². The quantitative estimate of drug-likeness (QED) is 0.166. The molecule has 1 aliphatic heterocycles. The molecule has 0 amide bonds. The Bertz CT molecular complexity index is 3670. The van der Waals surface area contributed by atoms with Crippen molar-refractivity contribution in [2.45, 2.75) is 5.41 Å². The molecule has 0 bridgehead atoms. The van der Waals surface area contributed by atoms with Crippen molar-refractivity contribution in [2.24, 2.45) is 0 Å². The third kappa shape index (κ3) is 6.03. The number of hydrogen-bond donors (Lipinski definition) is 0. The number of para-hydroxylation sites is 5. The summed E-state index contributed by atoms with van der Waals surface area (Å²) >= 11 is 3.48. The highest BCUT2D eigenvalue weighted by Crippen LogP contribution is 2.63. The minimum absolute atomic E-state index is 0.548. The first-order valence-electron chi connectivity index (χ1n) is 23.0. The predicted molar refractivity (Wildman–Crippen MR) is 286 cm³/mol. The van der Waals surface area contributed by atoms with Crippen LogP contribution < -0.4 is 4.90 Å². The van der Waals surface area contributed by atoms with Crippen molar-refractivity contribution >= 4 is 60.2 Å². The Hall–Kier alpha value is -8.22. The minimum atomic E-state index is -0.548. The molecule has 10 aromatic carbocycles. The lowest BCUT2D eigenvalue weighted by Crippen LogP contribution is -2.36. The van der Waals surface area contributed by atoms with Crippen molar-refractivity contribution < 1.29 is 0 Å². The molecule has 14 rings (SSSR count). The molecule has 68 heavy (non-hydrogen) atoms. The summed E-state index contributed by atoms with van der Waals surface area (Å²) in [7, 11) is 0. The Morgan fingerprint density at radius 3 is 1.29 bits per heavy atom. The molecule has 0 saturated carbocycles. The molecule has 12 aromatic rings. The molecule has 318 valence electrons. The fourth-order valence-corrected chi connectivity index (χ4v) is 12.8. The van der Waals surface area contributed by atoms with Gasteiger partial charge in [0.2, 0.25) is 0 Å². The maximum absolute atomic E-state index is 4.97. The molecule has 3 nitrogen and oxygen atoms in total. The lowest BCUT2D eigenvalue weighted by molar-refractivity contribution is 0.753. The molecule has 0 radical (unpaired) electrons. The standard InChI is InChI=1S/C63H39N3S2/c1-2-14-48(15-3-1)66-57-22-10-6-18-52(57)63(53-19-7-11-23-58(53)66)51-17-5-4-16-49(51)50-35-34-44(39-54(50)63)47-37-45(40-26-30-42(31-27-40)61-64-55-20-8-12-24-59(55)67-61)36-46(38-47)41-28-32-43(33-29-41)62-65-56-21-9-13-25-60(56)68-62/h1-39H. The number of hydrogen-bond acceptors (Lipinski definition) is 5. The van der Waals surface area contributed by atoms with Crippen LogP contribution in [0.4, 0.5) is 17.1 Å². The summed E-state index contributed by atoms with van der Waals surface area (Å²) in [5, 5.41) is 2.07. The van der Waals surface area contributed by atoms with E-state index < -0.39 is 5.41 Å². The maximum Gasteiger partial charge on any atom is 0.124 e. The average Bonchev–Trinajstić information content (AvgIpc) is 4.13. The van der Waals surface area contributed by atoms with E-state index in [1.54, 1.807) is 22.7 Å². The smallest absolute Gasteiger partial charge is 0.124 e. The summed E-state index contributed by atoms with van der Waals surface area (Å²) in [5.74, 6) is 0. The van der Waals surface area contributed by atoms with Gasteiger partial charge < -0.3 is 4.90 Å². The predicted octanol–water partition coefficient (Wildman–Crippen LogP) is 17.4. The van der Waals surface area contributed by atoms with Gasteiger partial charge in [0.15, 0.2) is 0 Å². The Morgan fingerprint density at radius 1 is 0.309 bits per heavy atom. The zero-order valence-electron chi connectivity index (χ0n) is 36.7. The van der Waals surface area contributed by atoms with Gasteiger partial charge in [-0.25, -0.2) is 9.97 Å². The van der Waals surface area contributed by atoms with Crippen LogP contribution in [-0.2, 0) is 5.41 Å². The zero-order valence-corrected chi connectivity index (χ0v) is 38.3. The summed E-state index contributed by atoms with van der Waals surface area (Å²) in [6.45, 7) is 0. The normalized spacial score (nSPS) is 13.1. The summed E-state index contributed by atoms with van der Waals surface area (Å²) in [6, 6.07) is 86.9. The lowest BCUT2D eigenvalue weighted by Gasteiger charge is -2.45. The Balaban J connectivity index is 0.945. The van der Waals surface area contributed by atoms with Crippen molar-refractivity contribution in [2.75, 3.05) is 4.90 Å². The number of anilines is 3. The number of nitrogens with zero attached hydrogens (tertiary/aromatic N) is 3. The van der Waals surface area contributed by atoms with Crippen LogP contribution in [0.1, 0.15) is 22.3 Å². The van der Waals surface area contributed by atoms with Crippen molar-refractivity contribution in [3.63, 3.8) is 0 Å². The van der Waals surface area contributed by atoms with Crippen molar-refractivity contribution in [3.05, 3.63) is 259 Å². The van der Waals surface area contributed by atoms with Gasteiger partial charge in [-0.15, -0.1) is 22.7 Å². The topological polar surface area (TPSA) is 29.0 Å². The monoisotopic (exact) mass is 901 g/mol. The SMILES string of the molecule is c1ccc(N2c3ccccc3C3(c4ccccc4-c4ccc(-c5cc(-c6ccc(-c7nc8ccccc8s7)cc6)cc(-c6ccc(-c7nc8ccccc8s7)cc6)c5)cc43)c3ccccc32)cc1. The summed E-state index contributed by atoms with van der Waals surface area (Å²) in [6.07, 6.45) is 0. The fourth-order valence-electron chi connectivity index (χ4n) is 10.9. The number of benzene rings is 10. The Kier molecular flexibility index (Phi) is 8.85. The molecular weight excluding hydrogens is 863 g/mol. The second-order valence-corrected chi connectivity index (χ2v) is 19.7. The first-order valence-corrected chi connectivity index (χ1v) is 24.7. The molecule has 1 aliphatic carbocycles. The van der Waals surface area contributed by atoms with Crippen LogP contribution in [0.2, 0.25) is 0 Å². The van der Waals surface area contributed by atoms with E-state index in [0.29, 0.717) is 0 Å². The van der Waals surface area contributed by atoms with Gasteiger partial charge >= 0.3 is 0 Å². The van der Waals surface area contributed by atoms with Gasteiger partial charge in [-0.2, -0.15) is 0 Å². The molecule has 0 fully saturated rings. The molecule has 2 aliphatic rings. The fraction of sp³-hybridized carbons (Fsp3) is 0.0159. The highest BCUT2D eigenvalue weighted by atomic mass is 32.1. The van der Waals surface area contributed by atoms with Crippen LogP contribution in [0.15, 0.2) is 237 Å². The molecule has 2 aromatic heterocycles. The first-order chi connectivity index (χ1) is 33.7. The van der Waals surface area contributed by atoms with Crippen LogP contribution in [0.5, 0.6) is 0 Å². The molecule has 0 unspecified atom stereocenters. The second kappa shape index (κ2) is 15.4. The number of rotatable bonds is 6. The number of thiazole rings is 2. The summed E-state index contributed by atoms with van der Waals surface area (Å²) < 4.78 is 2.40. The first kappa shape index (κ1) is 39.0. The Labute approximate surface area is 402 Å². The van der Waals surface area contributed by atoms with E-state index in [0.717, 1.165) is 60.1 Å². The molecule has 0 N–H and O–H groups in total. The molecule has 0 saturated heterocycles. The number of fused-ring (bicyclic) bond motifs is 11. The molecule has 0 atom stereocenters. The lowest BCUT2D eigenvalue weighted by atomic mass is 9.64. The largest absolute Gasteiger partial charge is 0.310 e. The second-order valence-electron chi connectivity index (χ2n) is 17.7. The van der Waals surface area contributed by atoms with E-state index in [-0.39, 0.29) is 0 Å². The van der Waals surface area contributed by atoms with E-state index in [1.165, 1.54) is 65.3 Å². The van der Waals surface area contributed by atoms with Crippen molar-refractivity contribution in [1.29, 1.82) is 0 Å². The number of aromatic nitrogens is 2. The van der Waals surface area contributed by atoms with Gasteiger partial charge in [-0.05, 0) is 140 Å². The van der Waals surface area contributed by atoms with Crippen molar-refractivity contribution in [3.8, 4) is 65.6 Å². The van der Waals surface area contributed by atoms with Gasteiger partial charge in [0.1, 0.15) is 10.0 Å². The highest BCUT2D eigenvalue weighted by molar-refractivity contribution is 7.22. The van der Waals surface area contributed by atoms with Gasteiger partial charge in [-0.1, -0.05) is 164 Å². The van der Waals surface area contributed by atoms with Gasteiger partial charge in [0.25, 0.3) is 0 Å². The van der Waals surface area contributed by atoms with Crippen LogP contribution in [-0.4, -0.2) is 9.97 Å². The van der Waals surface area contributed by atoms with E-state index >= 15 is 0 Å². The average molecular weight is 902 g/mol. The van der Waals surface area contributed by atoms with Crippen LogP contribution in [0.3, 0.4) is 0 Å². The molecule has 1 spiro atoms. The van der Waals surface area contributed by atoms with E-state index in [9.17, 15) is 0 Å². The molecular formula is C63H39N3S2. The summed E-state index contributed by atoms with van der Waals surface area (Å²) in [4.78, 5) is 12.4. The third-order valence-electron chi connectivity index (χ3n) is 13.9. The van der Waals surface area contributed by atoms with Gasteiger partial charge in [-0.3, -0.25) is 0 Å². The molecule has 3 heterocycles. The van der Waals surface area contributed by atoms with E-state index in [4.69, 9.17) is 9.97 Å². The van der Waals surface area contributed by atoms with Crippen LogP contribution in [0, 0.1) is 0 Å². The van der Waals surface area contributed by atoms with Gasteiger partial charge in [0.05, 0.1) is 37.2 Å². The highest BCUT2D eigenvalue weighted by Gasteiger charge is 2.51. The van der Waals surface area contributed by atoms with Crippen molar-refractivity contribution in [1.82, 2.24) is 9.97 Å². The Morgan fingerprint density at radius 2 is 0.735 bits per heavy atom. The van der Waals surface area contributed by atoms with Crippen LogP contribution >= 0.6 is 22.7 Å². The van der Waals surface area contributed by atoms with E-state index in [2.05, 4.69) is 241 Å². The minimum Gasteiger partial charge on any atom is -0.310 e. The molecule has 5 heteroatoms.